The van der Waals surface area contributed by atoms with Crippen molar-refractivity contribution >= 4 is 34.9 Å². The second-order valence-corrected chi connectivity index (χ2v) is 8.08. The van der Waals surface area contributed by atoms with E-state index < -0.39 is 0 Å². The number of hydrogen-bond acceptors (Lipinski definition) is 3. The molecule has 0 spiro atoms. The molecule has 2 aromatic carbocycles. The highest BCUT2D eigenvalue weighted by molar-refractivity contribution is 6.30. The van der Waals surface area contributed by atoms with Crippen LogP contribution in [0, 0.1) is 6.92 Å². The van der Waals surface area contributed by atoms with Crippen LogP contribution in [0.15, 0.2) is 48.5 Å². The van der Waals surface area contributed by atoms with Gasteiger partial charge in [0, 0.05) is 55.5 Å². The molecule has 3 amide bonds. The van der Waals surface area contributed by atoms with Crippen molar-refractivity contribution in [3.63, 3.8) is 0 Å². The van der Waals surface area contributed by atoms with Crippen molar-refractivity contribution < 1.29 is 9.59 Å². The smallest absolute Gasteiger partial charge is 0.317 e. The van der Waals surface area contributed by atoms with Crippen LogP contribution in [0.4, 0.5) is 16.2 Å². The average Bonchev–Trinajstić information content (AvgIpc) is 3.08. The van der Waals surface area contributed by atoms with Crippen molar-refractivity contribution in [1.82, 2.24) is 10.2 Å². The lowest BCUT2D eigenvalue weighted by Crippen LogP contribution is -2.53. The summed E-state index contributed by atoms with van der Waals surface area (Å²) in [4.78, 5) is 30.9. The first-order chi connectivity index (χ1) is 14.0. The zero-order chi connectivity index (χ0) is 20.4. The molecule has 1 N–H and O–H groups in total. The van der Waals surface area contributed by atoms with E-state index in [1.807, 2.05) is 60.4 Å². The van der Waals surface area contributed by atoms with Gasteiger partial charge in [0.05, 0.1) is 6.04 Å². The Morgan fingerprint density at radius 3 is 2.45 bits per heavy atom. The molecule has 0 unspecified atom stereocenters. The molecule has 7 heteroatoms. The lowest BCUT2D eigenvalue weighted by molar-refractivity contribution is -0.117. The number of rotatable bonds is 3. The van der Waals surface area contributed by atoms with Crippen molar-refractivity contribution in [3.8, 4) is 0 Å². The summed E-state index contributed by atoms with van der Waals surface area (Å²) in [6, 6.07) is 15.4. The van der Waals surface area contributed by atoms with E-state index in [1.165, 1.54) is 0 Å². The van der Waals surface area contributed by atoms with Gasteiger partial charge in [-0.15, -0.1) is 0 Å². The molecule has 2 heterocycles. The number of carbonyl (C=O) groups is 2. The largest absolute Gasteiger partial charge is 0.368 e. The summed E-state index contributed by atoms with van der Waals surface area (Å²) in [6.45, 7) is 5.32. The molecule has 2 aliphatic rings. The first-order valence-electron chi connectivity index (χ1n) is 9.92. The monoisotopic (exact) mass is 412 g/mol. The van der Waals surface area contributed by atoms with E-state index in [2.05, 4.69) is 10.2 Å². The molecule has 0 bridgehead atoms. The lowest BCUT2D eigenvalue weighted by Gasteiger charge is -2.36. The molecule has 29 heavy (non-hydrogen) atoms. The summed E-state index contributed by atoms with van der Waals surface area (Å²) in [5.41, 5.74) is 3.11. The van der Waals surface area contributed by atoms with Crippen LogP contribution in [0.1, 0.15) is 12.0 Å². The van der Waals surface area contributed by atoms with E-state index >= 15 is 0 Å². The quantitative estimate of drug-likeness (QED) is 0.841. The maximum atomic E-state index is 12.7. The third kappa shape index (κ3) is 4.48. The van der Waals surface area contributed by atoms with Crippen LogP contribution < -0.4 is 15.1 Å². The molecule has 4 rings (SSSR count). The fourth-order valence-corrected chi connectivity index (χ4v) is 4.07. The van der Waals surface area contributed by atoms with Crippen molar-refractivity contribution in [2.75, 3.05) is 42.5 Å². The van der Waals surface area contributed by atoms with E-state index in [4.69, 9.17) is 11.6 Å². The number of piperazine rings is 1. The van der Waals surface area contributed by atoms with Gasteiger partial charge in [0.2, 0.25) is 5.91 Å². The Morgan fingerprint density at radius 2 is 1.76 bits per heavy atom. The van der Waals surface area contributed by atoms with Crippen LogP contribution in [0.25, 0.3) is 0 Å². The molecule has 2 aromatic rings. The van der Waals surface area contributed by atoms with Crippen molar-refractivity contribution in [1.29, 1.82) is 0 Å². The number of anilines is 2. The van der Waals surface area contributed by atoms with E-state index in [0.717, 1.165) is 30.0 Å². The van der Waals surface area contributed by atoms with Crippen molar-refractivity contribution in [2.24, 2.45) is 0 Å². The standard InChI is InChI=1S/C22H25ClN4O2/c1-16-5-7-19(8-6-16)27-15-18(14-21(27)28)24-22(29)26-11-9-25(10-12-26)20-4-2-3-17(23)13-20/h2-8,13,18H,9-12,14-15H2,1H3,(H,24,29)/t18-/m1/s1. The molecule has 2 aliphatic heterocycles. The molecule has 0 saturated carbocycles. The van der Waals surface area contributed by atoms with Gasteiger partial charge in [-0.2, -0.15) is 0 Å². The Balaban J connectivity index is 1.30. The maximum Gasteiger partial charge on any atom is 0.317 e. The number of carbonyl (C=O) groups excluding carboxylic acids is 2. The zero-order valence-corrected chi connectivity index (χ0v) is 17.2. The predicted octanol–water partition coefficient (Wildman–Crippen LogP) is 3.29. The number of urea groups is 1. The van der Waals surface area contributed by atoms with Crippen molar-refractivity contribution in [3.05, 3.63) is 59.1 Å². The Morgan fingerprint density at radius 1 is 1.03 bits per heavy atom. The van der Waals surface area contributed by atoms with Crippen LogP contribution in [0.5, 0.6) is 0 Å². The van der Waals surface area contributed by atoms with Crippen LogP contribution in [0.3, 0.4) is 0 Å². The van der Waals surface area contributed by atoms with Gasteiger partial charge in [-0.25, -0.2) is 4.79 Å². The highest BCUT2D eigenvalue weighted by Crippen LogP contribution is 2.23. The Hall–Kier alpha value is -2.73. The van der Waals surface area contributed by atoms with Gasteiger partial charge in [0.15, 0.2) is 0 Å². The van der Waals surface area contributed by atoms with Crippen LogP contribution in [0.2, 0.25) is 5.02 Å². The molecule has 152 valence electrons. The highest BCUT2D eigenvalue weighted by atomic mass is 35.5. The SMILES string of the molecule is Cc1ccc(N2C[C@H](NC(=O)N3CCN(c4cccc(Cl)c4)CC3)CC2=O)cc1. The van der Waals surface area contributed by atoms with Crippen LogP contribution >= 0.6 is 11.6 Å². The predicted molar refractivity (Wildman–Crippen MR) is 116 cm³/mol. The van der Waals surface area contributed by atoms with E-state index in [0.29, 0.717) is 31.1 Å². The normalized spacial score (nSPS) is 19.6. The van der Waals surface area contributed by atoms with Gasteiger partial charge in [-0.1, -0.05) is 35.4 Å². The second kappa shape index (κ2) is 8.33. The van der Waals surface area contributed by atoms with Crippen molar-refractivity contribution in [2.45, 2.75) is 19.4 Å². The number of hydrogen-bond donors (Lipinski definition) is 1. The molecule has 6 nitrogen and oxygen atoms in total. The molecule has 2 fully saturated rings. The molecule has 1 atom stereocenters. The Kier molecular flexibility index (Phi) is 5.62. The second-order valence-electron chi connectivity index (χ2n) is 7.64. The maximum absolute atomic E-state index is 12.7. The zero-order valence-electron chi connectivity index (χ0n) is 16.5. The van der Waals surface area contributed by atoms with Crippen LogP contribution in [-0.4, -0.2) is 55.6 Å². The molecule has 2 saturated heterocycles. The van der Waals surface area contributed by atoms with Gasteiger partial charge in [0.1, 0.15) is 0 Å². The van der Waals surface area contributed by atoms with Gasteiger partial charge in [-0.3, -0.25) is 4.79 Å². The minimum absolute atomic E-state index is 0.0462. The number of benzene rings is 2. The summed E-state index contributed by atoms with van der Waals surface area (Å²) in [6.07, 6.45) is 0.335. The first kappa shape index (κ1) is 19.6. The van der Waals surface area contributed by atoms with Gasteiger partial charge in [0.25, 0.3) is 0 Å². The molecule has 0 radical (unpaired) electrons. The van der Waals surface area contributed by atoms with Gasteiger partial charge < -0.3 is 20.0 Å². The molecular weight excluding hydrogens is 388 g/mol. The summed E-state index contributed by atoms with van der Waals surface area (Å²) >= 11 is 6.08. The number of halogens is 1. The topological polar surface area (TPSA) is 55.9 Å². The Labute approximate surface area is 176 Å². The van der Waals surface area contributed by atoms with E-state index in [9.17, 15) is 9.59 Å². The lowest BCUT2D eigenvalue weighted by atomic mass is 10.2. The van der Waals surface area contributed by atoms with Crippen LogP contribution in [-0.2, 0) is 4.79 Å². The number of amides is 3. The molecule has 0 aromatic heterocycles. The fraction of sp³-hybridized carbons (Fsp3) is 0.364. The highest BCUT2D eigenvalue weighted by Gasteiger charge is 2.33. The minimum Gasteiger partial charge on any atom is -0.368 e. The van der Waals surface area contributed by atoms with Gasteiger partial charge in [-0.05, 0) is 37.3 Å². The number of aryl methyl sites for hydroxylation is 1. The third-order valence-corrected chi connectivity index (χ3v) is 5.77. The molecular formula is C22H25ClN4O2. The molecule has 0 aliphatic carbocycles. The fourth-order valence-electron chi connectivity index (χ4n) is 3.88. The van der Waals surface area contributed by atoms with E-state index in [1.54, 1.807) is 4.90 Å². The number of nitrogens with one attached hydrogen (secondary N) is 1. The average molecular weight is 413 g/mol. The third-order valence-electron chi connectivity index (χ3n) is 5.54. The van der Waals surface area contributed by atoms with E-state index in [-0.39, 0.29) is 18.0 Å². The summed E-state index contributed by atoms with van der Waals surface area (Å²) in [5, 5.41) is 3.75. The Bertz CT molecular complexity index is 894. The number of nitrogens with zero attached hydrogens (tertiary/aromatic N) is 3. The summed E-state index contributed by atoms with van der Waals surface area (Å²) in [7, 11) is 0. The summed E-state index contributed by atoms with van der Waals surface area (Å²) in [5.74, 6) is 0.0462. The summed E-state index contributed by atoms with van der Waals surface area (Å²) < 4.78 is 0. The minimum atomic E-state index is -0.165. The first-order valence-corrected chi connectivity index (χ1v) is 10.3. The van der Waals surface area contributed by atoms with Gasteiger partial charge >= 0.3 is 6.03 Å².